The van der Waals surface area contributed by atoms with Gasteiger partial charge in [-0.25, -0.2) is 8.42 Å². The van der Waals surface area contributed by atoms with Crippen LogP contribution in [0.1, 0.15) is 44.2 Å². The highest BCUT2D eigenvalue weighted by atomic mass is 32.2. The van der Waals surface area contributed by atoms with Crippen LogP contribution in [-0.4, -0.2) is 38.3 Å². The number of para-hydroxylation sites is 1. The first-order valence-electron chi connectivity index (χ1n) is 10.4. The monoisotopic (exact) mass is 412 g/mol. The van der Waals surface area contributed by atoms with Gasteiger partial charge in [0, 0.05) is 25.3 Å². The summed E-state index contributed by atoms with van der Waals surface area (Å²) in [5.74, 6) is 0.113. The van der Waals surface area contributed by atoms with Gasteiger partial charge < -0.3 is 4.90 Å². The van der Waals surface area contributed by atoms with E-state index < -0.39 is 15.4 Å². The third-order valence-electron chi connectivity index (χ3n) is 6.36. The number of nitrogens with zero attached hydrogens (tertiary/aromatic N) is 2. The number of carbonyl (C=O) groups excluding carboxylic acids is 1. The molecule has 154 valence electrons. The van der Waals surface area contributed by atoms with Crippen molar-refractivity contribution in [1.82, 2.24) is 4.31 Å². The minimum absolute atomic E-state index is 0.113. The molecule has 0 saturated carbocycles. The molecule has 0 atom stereocenters. The summed E-state index contributed by atoms with van der Waals surface area (Å²) in [6.07, 6.45) is 3.02. The molecule has 2 aliphatic rings. The number of fused-ring (bicyclic) bond motifs is 2. The first-order valence-corrected chi connectivity index (χ1v) is 11.9. The predicted molar refractivity (Wildman–Crippen MR) is 115 cm³/mol. The van der Waals surface area contributed by atoms with Gasteiger partial charge in [-0.1, -0.05) is 43.7 Å². The fraction of sp³-hybridized carbons (Fsp3) is 0.435. The molecule has 1 fully saturated rings. The lowest BCUT2D eigenvalue weighted by molar-refractivity contribution is -0.124. The second kappa shape index (κ2) is 7.58. The Morgan fingerprint density at radius 3 is 2.24 bits per heavy atom. The van der Waals surface area contributed by atoms with E-state index in [0.717, 1.165) is 29.7 Å². The lowest BCUT2D eigenvalue weighted by Gasteiger charge is -2.37. The molecular formula is C23H28N2O3S. The van der Waals surface area contributed by atoms with Crippen LogP contribution in [-0.2, 0) is 26.7 Å². The average molecular weight is 413 g/mol. The van der Waals surface area contributed by atoms with Gasteiger partial charge in [-0.15, -0.1) is 0 Å². The third-order valence-corrected chi connectivity index (χ3v) is 8.27. The van der Waals surface area contributed by atoms with Gasteiger partial charge >= 0.3 is 0 Å². The van der Waals surface area contributed by atoms with Gasteiger partial charge in [0.25, 0.3) is 0 Å². The number of hydrogen-bond acceptors (Lipinski definition) is 3. The van der Waals surface area contributed by atoms with Crippen molar-refractivity contribution < 1.29 is 13.2 Å². The van der Waals surface area contributed by atoms with E-state index in [0.29, 0.717) is 37.4 Å². The number of likely N-dealkylation sites (N-methyl/N-ethyl adjacent to an activating group) is 1. The highest BCUT2D eigenvalue weighted by Crippen LogP contribution is 2.48. The molecule has 2 heterocycles. The van der Waals surface area contributed by atoms with E-state index in [1.807, 2.05) is 48.2 Å². The van der Waals surface area contributed by atoms with E-state index >= 15 is 0 Å². The van der Waals surface area contributed by atoms with Crippen molar-refractivity contribution in [3.05, 3.63) is 59.7 Å². The lowest BCUT2D eigenvalue weighted by Crippen LogP contribution is -2.50. The van der Waals surface area contributed by atoms with Crippen LogP contribution in [0.3, 0.4) is 0 Å². The molecule has 2 aromatic carbocycles. The van der Waals surface area contributed by atoms with Crippen LogP contribution < -0.4 is 4.90 Å². The number of amides is 1. The number of anilines is 1. The number of benzene rings is 2. The summed E-state index contributed by atoms with van der Waals surface area (Å²) in [4.78, 5) is 15.4. The van der Waals surface area contributed by atoms with Crippen LogP contribution in [0.4, 0.5) is 5.69 Å². The molecule has 1 saturated heterocycles. The van der Waals surface area contributed by atoms with Crippen LogP contribution in [0.2, 0.25) is 0 Å². The van der Waals surface area contributed by atoms with Crippen LogP contribution in [0, 0.1) is 0 Å². The minimum Gasteiger partial charge on any atom is -0.312 e. The summed E-state index contributed by atoms with van der Waals surface area (Å²) < 4.78 is 27.8. The Kier molecular flexibility index (Phi) is 5.25. The maximum absolute atomic E-state index is 13.3. The highest BCUT2D eigenvalue weighted by molar-refractivity contribution is 7.89. The van der Waals surface area contributed by atoms with Crippen LogP contribution in [0.25, 0.3) is 0 Å². The van der Waals surface area contributed by atoms with Crippen molar-refractivity contribution in [2.75, 3.05) is 24.5 Å². The number of piperidine rings is 1. The van der Waals surface area contributed by atoms with Gasteiger partial charge in [0.1, 0.15) is 0 Å². The summed E-state index contributed by atoms with van der Waals surface area (Å²) in [7, 11) is -3.55. The summed E-state index contributed by atoms with van der Waals surface area (Å²) in [5.41, 5.74) is 2.58. The third kappa shape index (κ3) is 3.19. The Bertz CT molecular complexity index is 1010. The molecule has 0 bridgehead atoms. The van der Waals surface area contributed by atoms with E-state index in [1.54, 1.807) is 12.1 Å². The van der Waals surface area contributed by atoms with Crippen molar-refractivity contribution in [3.63, 3.8) is 0 Å². The number of sulfonamides is 1. The van der Waals surface area contributed by atoms with E-state index in [1.165, 1.54) is 4.31 Å². The van der Waals surface area contributed by atoms with E-state index in [4.69, 9.17) is 0 Å². The minimum atomic E-state index is -3.55. The molecule has 6 heteroatoms. The molecule has 5 nitrogen and oxygen atoms in total. The molecule has 2 aromatic rings. The topological polar surface area (TPSA) is 57.7 Å². The largest absolute Gasteiger partial charge is 0.312 e. The number of hydrogen-bond donors (Lipinski definition) is 0. The van der Waals surface area contributed by atoms with E-state index in [2.05, 4.69) is 6.92 Å². The lowest BCUT2D eigenvalue weighted by atomic mass is 9.74. The van der Waals surface area contributed by atoms with Crippen LogP contribution >= 0.6 is 0 Å². The molecule has 0 aliphatic carbocycles. The van der Waals surface area contributed by atoms with Crippen molar-refractivity contribution in [2.45, 2.75) is 49.8 Å². The molecule has 2 aliphatic heterocycles. The summed E-state index contributed by atoms with van der Waals surface area (Å²) in [6.45, 7) is 5.43. The van der Waals surface area contributed by atoms with Gasteiger partial charge in [0.05, 0.1) is 10.3 Å². The second-order valence-corrected chi connectivity index (χ2v) is 9.88. The Morgan fingerprint density at radius 2 is 1.62 bits per heavy atom. The highest BCUT2D eigenvalue weighted by Gasteiger charge is 2.52. The Morgan fingerprint density at radius 1 is 0.966 bits per heavy atom. The molecule has 4 rings (SSSR count). The fourth-order valence-corrected chi connectivity index (χ4v) is 6.21. The first-order chi connectivity index (χ1) is 13.9. The zero-order valence-electron chi connectivity index (χ0n) is 17.1. The van der Waals surface area contributed by atoms with Gasteiger partial charge in [-0.05, 0) is 55.5 Å². The fourth-order valence-electron chi connectivity index (χ4n) is 4.77. The standard InChI is InChI=1S/C23H28N2O3S/c1-3-7-18-10-12-19(13-11-18)29(27,28)24-16-14-23(15-17-24)20-8-5-6-9-21(20)25(4-2)22(23)26/h5-6,8-13H,3-4,7,14-17H2,1-2H3. The van der Waals surface area contributed by atoms with Gasteiger partial charge in [-0.2, -0.15) is 4.31 Å². The molecule has 0 aromatic heterocycles. The molecule has 0 radical (unpaired) electrons. The van der Waals surface area contributed by atoms with Crippen LogP contribution in [0.5, 0.6) is 0 Å². The second-order valence-electron chi connectivity index (χ2n) is 7.95. The quantitative estimate of drug-likeness (QED) is 0.752. The van der Waals surface area contributed by atoms with Gasteiger partial charge in [0.15, 0.2) is 0 Å². The van der Waals surface area contributed by atoms with Crippen molar-refractivity contribution >= 4 is 21.6 Å². The van der Waals surface area contributed by atoms with Crippen molar-refractivity contribution in [3.8, 4) is 0 Å². The summed E-state index contributed by atoms with van der Waals surface area (Å²) in [6, 6.07) is 15.2. The molecule has 1 amide bonds. The Balaban J connectivity index is 1.57. The summed E-state index contributed by atoms with van der Waals surface area (Å²) in [5, 5.41) is 0. The van der Waals surface area contributed by atoms with E-state index in [-0.39, 0.29) is 5.91 Å². The molecule has 0 unspecified atom stereocenters. The molecule has 0 N–H and O–H groups in total. The SMILES string of the molecule is CCCc1ccc(S(=O)(=O)N2CCC3(CC2)C(=O)N(CC)c2ccccc23)cc1. The number of rotatable bonds is 5. The maximum atomic E-state index is 13.3. The molecular weight excluding hydrogens is 384 g/mol. The first kappa shape index (κ1) is 20.1. The average Bonchev–Trinajstić information content (AvgIpc) is 2.97. The number of carbonyl (C=O) groups is 1. The van der Waals surface area contributed by atoms with Crippen molar-refractivity contribution in [2.24, 2.45) is 0 Å². The smallest absolute Gasteiger partial charge is 0.243 e. The normalized spacial score (nSPS) is 19.0. The Labute approximate surface area is 173 Å². The predicted octanol–water partition coefficient (Wildman–Crippen LogP) is 3.73. The Hall–Kier alpha value is -2.18. The summed E-state index contributed by atoms with van der Waals surface area (Å²) >= 11 is 0. The number of aryl methyl sites for hydroxylation is 1. The zero-order valence-corrected chi connectivity index (χ0v) is 17.9. The zero-order chi connectivity index (χ0) is 20.6. The van der Waals surface area contributed by atoms with Crippen molar-refractivity contribution in [1.29, 1.82) is 0 Å². The van der Waals surface area contributed by atoms with Gasteiger partial charge in [-0.3, -0.25) is 4.79 Å². The van der Waals surface area contributed by atoms with Gasteiger partial charge in [0.2, 0.25) is 15.9 Å². The molecule has 29 heavy (non-hydrogen) atoms. The van der Waals surface area contributed by atoms with E-state index in [9.17, 15) is 13.2 Å². The molecule has 1 spiro atoms. The maximum Gasteiger partial charge on any atom is 0.243 e. The van der Waals surface area contributed by atoms with Crippen LogP contribution in [0.15, 0.2) is 53.4 Å².